The molecule has 2 heteroatoms. The maximum Gasteiger partial charge on any atom is 0.0283 e. The molecule has 0 aromatic heterocycles. The molecule has 3 aromatic rings. The fourth-order valence-corrected chi connectivity index (χ4v) is 3.47. The van der Waals surface area contributed by atoms with Crippen molar-refractivity contribution < 1.29 is 0 Å². The fourth-order valence-electron chi connectivity index (χ4n) is 2.73. The third kappa shape index (κ3) is 3.76. The Labute approximate surface area is 154 Å². The molecule has 0 radical (unpaired) electrons. The molecule has 116 valence electrons. The lowest BCUT2D eigenvalue weighted by Crippen LogP contribution is -1.87. The predicted octanol–water partition coefficient (Wildman–Crippen LogP) is 7.12. The van der Waals surface area contributed by atoms with Crippen LogP contribution in [0.5, 0.6) is 0 Å². The highest BCUT2D eigenvalue weighted by Gasteiger charge is 2.05. The topological polar surface area (TPSA) is 0 Å². The van der Waals surface area contributed by atoms with Crippen LogP contribution >= 0.6 is 31.9 Å². The third-order valence-corrected chi connectivity index (χ3v) is 5.38. The maximum atomic E-state index is 3.50. The minimum absolute atomic E-state index is 0.898. The molecule has 0 spiro atoms. The second-order valence-electron chi connectivity index (χ2n) is 5.69. The summed E-state index contributed by atoms with van der Waals surface area (Å²) in [6.45, 7) is 2.18. The first kappa shape index (κ1) is 16.5. The first-order chi connectivity index (χ1) is 11.2. The molecule has 0 aliphatic rings. The zero-order chi connectivity index (χ0) is 16.2. The average molecular weight is 430 g/mol. The van der Waals surface area contributed by atoms with E-state index in [-0.39, 0.29) is 0 Å². The zero-order valence-electron chi connectivity index (χ0n) is 13.0. The number of benzene rings is 3. The van der Waals surface area contributed by atoms with Crippen LogP contribution in [0.25, 0.3) is 22.3 Å². The average Bonchev–Trinajstić information content (AvgIpc) is 2.62. The van der Waals surface area contributed by atoms with Crippen molar-refractivity contribution in [2.45, 2.75) is 17.6 Å². The molecule has 0 heterocycles. The highest BCUT2D eigenvalue weighted by molar-refractivity contribution is 9.08. The second-order valence-corrected chi connectivity index (χ2v) is 6.81. The number of rotatable bonds is 4. The number of hydrogen-bond donors (Lipinski definition) is 0. The molecule has 0 atom stereocenters. The van der Waals surface area contributed by atoms with Crippen molar-refractivity contribution in [3.8, 4) is 22.3 Å². The van der Waals surface area contributed by atoms with Gasteiger partial charge in [-0.25, -0.2) is 0 Å². The number of alkyl halides is 2. The summed E-state index contributed by atoms with van der Waals surface area (Å²) in [5, 5.41) is 1.80. The van der Waals surface area contributed by atoms with E-state index >= 15 is 0 Å². The predicted molar refractivity (Wildman–Crippen MR) is 107 cm³/mol. The Kier molecular flexibility index (Phi) is 5.34. The van der Waals surface area contributed by atoms with Crippen LogP contribution in [0.4, 0.5) is 0 Å². The van der Waals surface area contributed by atoms with Crippen molar-refractivity contribution in [1.29, 1.82) is 0 Å². The Morgan fingerprint density at radius 1 is 0.609 bits per heavy atom. The van der Waals surface area contributed by atoms with Gasteiger partial charge in [-0.05, 0) is 45.9 Å². The van der Waals surface area contributed by atoms with E-state index in [9.17, 15) is 0 Å². The largest absolute Gasteiger partial charge is 0.0876 e. The number of halogens is 2. The van der Waals surface area contributed by atoms with Crippen LogP contribution in [0.15, 0.2) is 66.7 Å². The SMILES string of the molecule is Cc1cc(-c2ccc(CBr)cc2)ccc1-c1ccc(CBr)cc1. The molecule has 0 saturated heterocycles. The van der Waals surface area contributed by atoms with E-state index in [0.29, 0.717) is 0 Å². The quantitative estimate of drug-likeness (QED) is 0.387. The lowest BCUT2D eigenvalue weighted by atomic mass is 9.95. The first-order valence-corrected chi connectivity index (χ1v) is 9.87. The van der Waals surface area contributed by atoms with Crippen molar-refractivity contribution in [1.82, 2.24) is 0 Å². The molecule has 3 aromatic carbocycles. The Hall–Kier alpha value is -1.38. The van der Waals surface area contributed by atoms with Gasteiger partial charge < -0.3 is 0 Å². The molecule has 0 unspecified atom stereocenters. The summed E-state index contributed by atoms with van der Waals surface area (Å²) < 4.78 is 0. The summed E-state index contributed by atoms with van der Waals surface area (Å²) in [5.41, 5.74) is 9.01. The normalized spacial score (nSPS) is 10.7. The molecule has 0 N–H and O–H groups in total. The van der Waals surface area contributed by atoms with Crippen LogP contribution in [-0.4, -0.2) is 0 Å². The molecule has 0 fully saturated rings. The zero-order valence-corrected chi connectivity index (χ0v) is 16.2. The smallest absolute Gasteiger partial charge is 0.0283 e. The minimum Gasteiger partial charge on any atom is -0.0876 e. The van der Waals surface area contributed by atoms with E-state index in [4.69, 9.17) is 0 Å². The highest BCUT2D eigenvalue weighted by Crippen LogP contribution is 2.29. The molecular formula is C21H18Br2. The van der Waals surface area contributed by atoms with Crippen molar-refractivity contribution in [2.24, 2.45) is 0 Å². The molecule has 0 nitrogen and oxygen atoms in total. The van der Waals surface area contributed by atoms with Gasteiger partial charge in [0.15, 0.2) is 0 Å². The van der Waals surface area contributed by atoms with Crippen LogP contribution in [0.3, 0.4) is 0 Å². The van der Waals surface area contributed by atoms with E-state index in [1.54, 1.807) is 0 Å². The van der Waals surface area contributed by atoms with Crippen LogP contribution in [0, 0.1) is 6.92 Å². The fraction of sp³-hybridized carbons (Fsp3) is 0.143. The van der Waals surface area contributed by atoms with E-state index < -0.39 is 0 Å². The molecule has 0 amide bonds. The van der Waals surface area contributed by atoms with Crippen molar-refractivity contribution in [3.05, 3.63) is 83.4 Å². The van der Waals surface area contributed by atoms with Gasteiger partial charge in [0.05, 0.1) is 0 Å². The van der Waals surface area contributed by atoms with Crippen LogP contribution in [0.1, 0.15) is 16.7 Å². The van der Waals surface area contributed by atoms with Gasteiger partial charge in [-0.1, -0.05) is 98.6 Å². The van der Waals surface area contributed by atoms with Gasteiger partial charge >= 0.3 is 0 Å². The first-order valence-electron chi connectivity index (χ1n) is 7.62. The van der Waals surface area contributed by atoms with Gasteiger partial charge in [-0.15, -0.1) is 0 Å². The molecule has 3 rings (SSSR count). The number of aryl methyl sites for hydroxylation is 1. The van der Waals surface area contributed by atoms with Crippen LogP contribution in [0.2, 0.25) is 0 Å². The molecule has 0 saturated carbocycles. The summed E-state index contributed by atoms with van der Waals surface area (Å²) in [7, 11) is 0. The van der Waals surface area contributed by atoms with Crippen molar-refractivity contribution in [3.63, 3.8) is 0 Å². The van der Waals surface area contributed by atoms with Gasteiger partial charge in [0.2, 0.25) is 0 Å². The van der Waals surface area contributed by atoms with Crippen molar-refractivity contribution in [2.75, 3.05) is 0 Å². The Morgan fingerprint density at radius 2 is 1.09 bits per heavy atom. The van der Waals surface area contributed by atoms with E-state index in [2.05, 4.69) is 106 Å². The lowest BCUT2D eigenvalue weighted by molar-refractivity contribution is 1.41. The summed E-state index contributed by atoms with van der Waals surface area (Å²) in [6, 6.07) is 24.2. The van der Waals surface area contributed by atoms with E-state index in [1.165, 1.54) is 38.9 Å². The molecule has 0 aliphatic carbocycles. The highest BCUT2D eigenvalue weighted by atomic mass is 79.9. The maximum absolute atomic E-state index is 3.50. The standard InChI is InChI=1S/C21H18Br2/c1-15-12-20(18-6-2-16(13-22)3-7-18)10-11-21(15)19-8-4-17(14-23)5-9-19/h2-12H,13-14H2,1H3. The minimum atomic E-state index is 0.898. The monoisotopic (exact) mass is 428 g/mol. The van der Waals surface area contributed by atoms with Crippen molar-refractivity contribution >= 4 is 31.9 Å². The number of hydrogen-bond acceptors (Lipinski definition) is 0. The summed E-state index contributed by atoms with van der Waals surface area (Å²) in [5.74, 6) is 0. The Bertz CT molecular complexity index is 787. The Balaban J connectivity index is 1.92. The van der Waals surface area contributed by atoms with Crippen LogP contribution in [-0.2, 0) is 10.7 Å². The van der Waals surface area contributed by atoms with Gasteiger partial charge in [0.25, 0.3) is 0 Å². The molecule has 23 heavy (non-hydrogen) atoms. The van der Waals surface area contributed by atoms with Gasteiger partial charge in [0, 0.05) is 10.7 Å². The summed E-state index contributed by atoms with van der Waals surface area (Å²) in [4.78, 5) is 0. The molecular weight excluding hydrogens is 412 g/mol. The Morgan fingerprint density at radius 3 is 1.57 bits per heavy atom. The molecule has 0 aliphatic heterocycles. The van der Waals surface area contributed by atoms with E-state index in [1.807, 2.05) is 0 Å². The van der Waals surface area contributed by atoms with Gasteiger partial charge in [-0.2, -0.15) is 0 Å². The van der Waals surface area contributed by atoms with Crippen LogP contribution < -0.4 is 0 Å². The molecule has 0 bridgehead atoms. The third-order valence-electron chi connectivity index (χ3n) is 4.09. The lowest BCUT2D eigenvalue weighted by Gasteiger charge is -2.10. The summed E-state index contributed by atoms with van der Waals surface area (Å²) >= 11 is 6.99. The van der Waals surface area contributed by atoms with Gasteiger partial charge in [0.1, 0.15) is 0 Å². The van der Waals surface area contributed by atoms with Gasteiger partial charge in [-0.3, -0.25) is 0 Å². The second kappa shape index (κ2) is 7.46. The summed E-state index contributed by atoms with van der Waals surface area (Å²) in [6.07, 6.45) is 0. The van der Waals surface area contributed by atoms with E-state index in [0.717, 1.165) is 10.7 Å².